The van der Waals surface area contributed by atoms with E-state index >= 15 is 0 Å². The van der Waals surface area contributed by atoms with Gasteiger partial charge in [0.05, 0.1) is 0 Å². The summed E-state index contributed by atoms with van der Waals surface area (Å²) in [4.78, 5) is 14.1. The number of phenols is 1. The fraction of sp³-hybridized carbons (Fsp3) is 0.417. The third-order valence-electron chi connectivity index (χ3n) is 3.22. The van der Waals surface area contributed by atoms with Crippen molar-refractivity contribution in [2.24, 2.45) is 4.99 Å². The van der Waals surface area contributed by atoms with Crippen molar-refractivity contribution in [3.8, 4) is 5.75 Å². The van der Waals surface area contributed by atoms with E-state index in [0.29, 0.717) is 18.4 Å². The topological polar surface area (TPSA) is 49.7 Å². The van der Waals surface area contributed by atoms with E-state index in [2.05, 4.69) is 4.99 Å². The molecule has 0 aliphatic heterocycles. The lowest BCUT2D eigenvalue weighted by molar-refractivity contribution is 0.150. The van der Waals surface area contributed by atoms with Crippen LogP contribution in [0.3, 0.4) is 0 Å². The number of aliphatic imine (C=N–C) groups is 1. The Morgan fingerprint density at radius 3 is 2.53 bits per heavy atom. The Balaban J connectivity index is 2.42. The maximum absolute atomic E-state index is 12.4. The predicted octanol–water partition coefficient (Wildman–Crippen LogP) is 3.04. The minimum atomic E-state index is -2.62. The van der Waals surface area contributed by atoms with Crippen LogP contribution in [0.1, 0.15) is 36.8 Å². The van der Waals surface area contributed by atoms with Crippen molar-refractivity contribution >= 4 is 6.08 Å². The van der Waals surface area contributed by atoms with E-state index in [4.69, 9.17) is 0 Å². The van der Waals surface area contributed by atoms with Gasteiger partial charge in [0.1, 0.15) is 11.3 Å². The van der Waals surface area contributed by atoms with Crippen LogP contribution in [0.5, 0.6) is 5.75 Å². The van der Waals surface area contributed by atoms with E-state index in [1.807, 2.05) is 0 Å². The summed E-state index contributed by atoms with van der Waals surface area (Å²) in [6.07, 6.45) is 1.01. The normalized spacial score (nSPS) is 17.4. The molecule has 0 atom stereocenters. The lowest BCUT2D eigenvalue weighted by atomic mass is 9.72. The van der Waals surface area contributed by atoms with Gasteiger partial charge in [0.25, 0.3) is 6.43 Å². The molecule has 3 nitrogen and oxygen atoms in total. The minimum Gasteiger partial charge on any atom is -0.508 e. The van der Waals surface area contributed by atoms with Gasteiger partial charge in [-0.25, -0.2) is 13.6 Å². The summed E-state index contributed by atoms with van der Waals surface area (Å²) in [6.45, 7) is 0. The molecule has 1 aliphatic carbocycles. The molecule has 0 amide bonds. The van der Waals surface area contributed by atoms with Crippen LogP contribution in [0.15, 0.2) is 23.2 Å². The number of alkyl halides is 2. The molecule has 2 rings (SSSR count). The molecule has 1 saturated carbocycles. The number of carbonyl (C=O) groups excluding carboxylic acids is 1. The number of halogens is 2. The first-order valence-electron chi connectivity index (χ1n) is 5.30. The standard InChI is InChI=1S/C12H11F2NO2/c13-11(14)8-2-3-9(10(17)6-8)12(15-7-16)4-1-5-12/h2-3,6,11,17H,1,4-5H2. The fourth-order valence-electron chi connectivity index (χ4n) is 2.12. The number of isocyanates is 1. The smallest absolute Gasteiger partial charge is 0.263 e. The molecule has 0 unspecified atom stereocenters. The summed E-state index contributed by atoms with van der Waals surface area (Å²) >= 11 is 0. The van der Waals surface area contributed by atoms with Crippen molar-refractivity contribution < 1.29 is 18.7 Å². The second kappa shape index (κ2) is 4.26. The maximum atomic E-state index is 12.4. The highest BCUT2D eigenvalue weighted by Gasteiger charge is 2.40. The lowest BCUT2D eigenvalue weighted by Gasteiger charge is -2.37. The summed E-state index contributed by atoms with van der Waals surface area (Å²) in [5.41, 5.74) is -0.570. The van der Waals surface area contributed by atoms with E-state index < -0.39 is 12.0 Å². The van der Waals surface area contributed by atoms with Crippen molar-refractivity contribution in [2.45, 2.75) is 31.2 Å². The molecule has 1 aromatic carbocycles. The van der Waals surface area contributed by atoms with Crippen LogP contribution in [0, 0.1) is 0 Å². The first-order valence-corrected chi connectivity index (χ1v) is 5.30. The minimum absolute atomic E-state index is 0.235. The van der Waals surface area contributed by atoms with Crippen molar-refractivity contribution in [1.29, 1.82) is 0 Å². The number of phenolic OH excluding ortho intramolecular Hbond substituents is 1. The Labute approximate surface area is 96.8 Å². The molecule has 5 heteroatoms. The third kappa shape index (κ3) is 1.94. The molecule has 0 saturated heterocycles. The van der Waals surface area contributed by atoms with Crippen molar-refractivity contribution in [3.63, 3.8) is 0 Å². The Morgan fingerprint density at radius 1 is 1.41 bits per heavy atom. The first-order chi connectivity index (χ1) is 8.09. The van der Waals surface area contributed by atoms with Crippen LogP contribution in [-0.2, 0) is 10.3 Å². The van der Waals surface area contributed by atoms with Crippen LogP contribution in [0.4, 0.5) is 8.78 Å². The first kappa shape index (κ1) is 11.7. The highest BCUT2D eigenvalue weighted by molar-refractivity contribution is 5.46. The van der Waals surface area contributed by atoms with Crippen molar-refractivity contribution in [3.05, 3.63) is 29.3 Å². The van der Waals surface area contributed by atoms with Crippen molar-refractivity contribution in [1.82, 2.24) is 0 Å². The molecule has 1 N–H and O–H groups in total. The van der Waals surface area contributed by atoms with E-state index in [1.165, 1.54) is 18.2 Å². The number of rotatable bonds is 3. The Kier molecular flexibility index (Phi) is 2.94. The zero-order valence-corrected chi connectivity index (χ0v) is 8.99. The molecule has 90 valence electrons. The average molecular weight is 239 g/mol. The molecular formula is C12H11F2NO2. The number of aromatic hydroxyl groups is 1. The number of benzene rings is 1. The molecule has 0 spiro atoms. The zero-order valence-electron chi connectivity index (χ0n) is 8.99. The van der Waals surface area contributed by atoms with Gasteiger partial charge in [-0.3, -0.25) is 0 Å². The summed E-state index contributed by atoms with van der Waals surface area (Å²) in [7, 11) is 0. The highest BCUT2D eigenvalue weighted by Crippen LogP contribution is 2.48. The molecule has 17 heavy (non-hydrogen) atoms. The van der Waals surface area contributed by atoms with E-state index in [-0.39, 0.29) is 11.3 Å². The van der Waals surface area contributed by atoms with Gasteiger partial charge in [-0.2, -0.15) is 4.99 Å². The number of hydrogen-bond donors (Lipinski definition) is 1. The summed E-state index contributed by atoms with van der Waals surface area (Å²) in [6, 6.07) is 3.69. The molecule has 0 bridgehead atoms. The molecule has 1 aromatic rings. The monoisotopic (exact) mass is 239 g/mol. The van der Waals surface area contributed by atoms with Gasteiger partial charge in [0.2, 0.25) is 6.08 Å². The average Bonchev–Trinajstić information content (AvgIpc) is 2.24. The Bertz CT molecular complexity index is 477. The summed E-state index contributed by atoms with van der Waals surface area (Å²) < 4.78 is 24.8. The van der Waals surface area contributed by atoms with Crippen molar-refractivity contribution in [2.75, 3.05) is 0 Å². The Hall–Kier alpha value is -1.74. The van der Waals surface area contributed by atoms with E-state index in [1.54, 1.807) is 0 Å². The van der Waals surface area contributed by atoms with Gasteiger partial charge < -0.3 is 5.11 Å². The molecule has 0 radical (unpaired) electrons. The van der Waals surface area contributed by atoms with Gasteiger partial charge in [-0.05, 0) is 25.3 Å². The van der Waals surface area contributed by atoms with Crippen LogP contribution in [0.25, 0.3) is 0 Å². The van der Waals surface area contributed by atoms with E-state index in [0.717, 1.165) is 12.5 Å². The third-order valence-corrected chi connectivity index (χ3v) is 3.22. The second-order valence-corrected chi connectivity index (χ2v) is 4.17. The second-order valence-electron chi connectivity index (χ2n) is 4.17. The van der Waals surface area contributed by atoms with Gasteiger partial charge in [0, 0.05) is 11.1 Å². The molecular weight excluding hydrogens is 228 g/mol. The predicted molar refractivity (Wildman–Crippen MR) is 56.7 cm³/mol. The maximum Gasteiger partial charge on any atom is 0.263 e. The number of hydrogen-bond acceptors (Lipinski definition) is 3. The van der Waals surface area contributed by atoms with Gasteiger partial charge in [0.15, 0.2) is 0 Å². The van der Waals surface area contributed by atoms with Gasteiger partial charge in [-0.1, -0.05) is 12.1 Å². The lowest BCUT2D eigenvalue weighted by Crippen LogP contribution is -2.31. The van der Waals surface area contributed by atoms with Crippen LogP contribution >= 0.6 is 0 Å². The SMILES string of the molecule is O=C=NC1(c2ccc(C(F)F)cc2O)CCC1. The van der Waals surface area contributed by atoms with Crippen LogP contribution in [0.2, 0.25) is 0 Å². The molecule has 0 heterocycles. The fourth-order valence-corrected chi connectivity index (χ4v) is 2.12. The largest absolute Gasteiger partial charge is 0.508 e. The summed E-state index contributed by atoms with van der Waals surface area (Å²) in [5, 5.41) is 9.74. The van der Waals surface area contributed by atoms with Gasteiger partial charge in [-0.15, -0.1) is 0 Å². The molecule has 0 aromatic heterocycles. The van der Waals surface area contributed by atoms with Gasteiger partial charge >= 0.3 is 0 Å². The molecule has 1 fully saturated rings. The summed E-state index contributed by atoms with van der Waals surface area (Å²) in [5.74, 6) is -0.235. The highest BCUT2D eigenvalue weighted by atomic mass is 19.3. The number of nitrogens with zero attached hydrogens (tertiary/aromatic N) is 1. The van der Waals surface area contributed by atoms with Crippen LogP contribution < -0.4 is 0 Å². The Morgan fingerprint density at radius 2 is 2.12 bits per heavy atom. The van der Waals surface area contributed by atoms with E-state index in [9.17, 15) is 18.7 Å². The van der Waals surface area contributed by atoms with Crippen LogP contribution in [-0.4, -0.2) is 11.2 Å². The quantitative estimate of drug-likeness (QED) is 0.651. The molecule has 1 aliphatic rings. The zero-order chi connectivity index (χ0) is 12.5.